The summed E-state index contributed by atoms with van der Waals surface area (Å²) in [6.45, 7) is 2.49. The van der Waals surface area contributed by atoms with Gasteiger partial charge in [0, 0.05) is 78.9 Å². The van der Waals surface area contributed by atoms with Crippen molar-refractivity contribution >= 4 is 148 Å². The van der Waals surface area contributed by atoms with Crippen LogP contribution in [0.5, 0.6) is 28.7 Å². The van der Waals surface area contributed by atoms with Gasteiger partial charge >= 0.3 is 36.4 Å². The first-order valence-electron chi connectivity index (χ1n) is 40.3. The maximum Gasteiger partial charge on any atom is 0.414 e. The predicted octanol–water partition coefficient (Wildman–Crippen LogP) is 19.1. The van der Waals surface area contributed by atoms with Crippen LogP contribution >= 0.6 is 23.2 Å². The molecule has 678 valence electrons. The third kappa shape index (κ3) is 30.7. The lowest BCUT2D eigenvalue weighted by Crippen LogP contribution is -2.27. The highest BCUT2D eigenvalue weighted by atomic mass is 35.5. The average molecular weight is 1850 g/mol. The summed E-state index contributed by atoms with van der Waals surface area (Å²) in [4.78, 5) is 107. The Hall–Kier alpha value is -17.8. The summed E-state index contributed by atoms with van der Waals surface area (Å²) in [6.07, 6.45) is 10.2. The molecule has 0 bridgehead atoms. The maximum atomic E-state index is 12.4. The first kappa shape index (κ1) is 102. The van der Waals surface area contributed by atoms with Crippen LogP contribution in [0.3, 0.4) is 0 Å². The van der Waals surface area contributed by atoms with Crippen molar-refractivity contribution in [2.75, 3.05) is 80.7 Å². The number of nitro groups is 1. The molecule has 0 aliphatic rings. The van der Waals surface area contributed by atoms with Crippen LogP contribution in [-0.4, -0.2) is 121 Å². The molecule has 34 nitrogen and oxygen atoms in total. The van der Waals surface area contributed by atoms with E-state index in [9.17, 15) is 43.7 Å². The molecule has 5 amide bonds. The van der Waals surface area contributed by atoms with Gasteiger partial charge in [-0.15, -0.1) is 12.8 Å². The zero-order chi connectivity index (χ0) is 99.4. The number of H-pyrrole nitrogens is 1. The first-order chi connectivity index (χ1) is 65.9. The number of esters is 1. The molecule has 0 saturated carbocycles. The average Bonchev–Trinajstić information content (AvgIpc) is 0.748. The monoisotopic (exact) mass is 1850 g/mol. The summed E-state index contributed by atoms with van der Waals surface area (Å²) < 4.78 is 67.0. The number of benzene rings is 10. The van der Waals surface area contributed by atoms with E-state index in [-0.39, 0.29) is 84.1 Å². The van der Waals surface area contributed by atoms with E-state index in [4.69, 9.17) is 99.3 Å². The van der Waals surface area contributed by atoms with Gasteiger partial charge in [0.1, 0.15) is 91.6 Å². The third-order valence-electron chi connectivity index (χ3n) is 18.0. The van der Waals surface area contributed by atoms with E-state index in [1.54, 1.807) is 68.6 Å². The number of nitrogens with zero attached hydrogens (tertiary/aromatic N) is 8. The molecule has 6 N–H and O–H groups in total. The fourth-order valence-electron chi connectivity index (χ4n) is 11.5. The predicted molar refractivity (Wildman–Crippen MR) is 508 cm³/mol. The van der Waals surface area contributed by atoms with Crippen molar-refractivity contribution in [3.63, 3.8) is 0 Å². The Morgan fingerprint density at radius 1 is 0.493 bits per heavy atom. The van der Waals surface area contributed by atoms with Crippen LogP contribution in [0.2, 0.25) is 10.0 Å². The first-order valence-corrected chi connectivity index (χ1v) is 40.0. The van der Waals surface area contributed by atoms with Gasteiger partial charge in [-0.3, -0.25) is 51.0 Å². The summed E-state index contributed by atoms with van der Waals surface area (Å²) in [7, 11) is 16.8. The number of fused-ring (bicyclic) bond motifs is 3. The fraction of sp³-hybridized carbons (Fsp3) is 0.135. The van der Waals surface area contributed by atoms with Gasteiger partial charge in [-0.2, -0.15) is 21.0 Å². The number of aromatic nitrogens is 3. The van der Waals surface area contributed by atoms with Crippen LogP contribution in [0.1, 0.15) is 54.4 Å². The number of aromatic amines is 1. The molecule has 0 aliphatic heterocycles. The summed E-state index contributed by atoms with van der Waals surface area (Å²) in [5.41, 5.74) is 7.93. The Kier molecular flexibility index (Phi) is 41.3. The quantitative estimate of drug-likeness (QED) is 0.00452. The molecule has 3 aromatic heterocycles. The number of pyridine rings is 3. The molecule has 10 aromatic carbocycles. The molecule has 134 heavy (non-hydrogen) atoms. The van der Waals surface area contributed by atoms with Gasteiger partial charge in [0.15, 0.2) is 5.57 Å². The number of nitro benzene ring substituents is 1. The highest BCUT2D eigenvalue weighted by Gasteiger charge is 2.23. The van der Waals surface area contributed by atoms with Crippen LogP contribution < -0.4 is 60.6 Å². The number of carbonyl (C=O) groups is 6. The van der Waals surface area contributed by atoms with Gasteiger partial charge in [-0.1, -0.05) is 175 Å². The molecule has 4 radical (unpaired) electrons. The molecule has 0 saturated heterocycles. The number of nitrogens with one attached hydrogen (secondary N) is 6. The molecule has 0 aliphatic carbocycles. The number of methoxy groups -OCH3 is 5. The smallest absolute Gasteiger partial charge is 0.414 e. The highest BCUT2D eigenvalue weighted by Crippen LogP contribution is 2.39. The number of amides is 5. The highest BCUT2D eigenvalue weighted by molar-refractivity contribution is 6.75. The second-order valence-electron chi connectivity index (χ2n) is 26.5. The largest absolute Gasteiger partial charge is 0.495 e. The maximum absolute atomic E-state index is 12.4. The third-order valence-corrected chi connectivity index (χ3v) is 18.8. The topological polar surface area (TPSA) is 464 Å². The molecule has 0 atom stereocenters. The van der Waals surface area contributed by atoms with Crippen LogP contribution in [0.15, 0.2) is 260 Å². The lowest BCUT2D eigenvalue weighted by atomic mass is 9.81. The van der Waals surface area contributed by atoms with Gasteiger partial charge in [0.2, 0.25) is 5.43 Å². The van der Waals surface area contributed by atoms with Crippen molar-refractivity contribution < 1.29 is 88.8 Å². The summed E-state index contributed by atoms with van der Waals surface area (Å²) in [6, 6.07) is 72.4. The van der Waals surface area contributed by atoms with Gasteiger partial charge in [0.25, 0.3) is 5.69 Å². The molecule has 38 heteroatoms. The number of ether oxygens (including phenoxy) is 11. The van der Waals surface area contributed by atoms with Crippen molar-refractivity contribution in [2.45, 2.75) is 40.0 Å². The number of rotatable bonds is 25. The van der Waals surface area contributed by atoms with Gasteiger partial charge in [-0.25, -0.2) is 28.8 Å². The minimum Gasteiger partial charge on any atom is -0.495 e. The van der Waals surface area contributed by atoms with E-state index in [1.807, 2.05) is 170 Å². The Bertz CT molecular complexity index is 6560. The van der Waals surface area contributed by atoms with E-state index in [2.05, 4.69) is 69.9 Å². The molecular formula is C96H84B2Cl2N14O20. The van der Waals surface area contributed by atoms with Crippen LogP contribution in [0.25, 0.3) is 32.7 Å². The standard InChI is InChI=1S/C21H21N3O5.C20H16ClN3O3.C19H14ClN3O3.C19H15N3O4.C15H14N2O5.C2H2.B2.H2/c1-3-28-20(25)16(12-22)13-23-17-9-10-19(27-2)18(11-17)24-21(26)29-14-15-7-5-4-6-8-15;1-24(20(25)27-12-13-6-4-3-5-7-13)17-9-16-15(8-18(17)26-2)19(21)14(10-22)11-23-16;1-25-17-7-14-15(22-10-13(9-21)18(14)20)8-16(17)23-19(24)26-11-12-5-3-2-4-6-12;1-25-17-7-14-15(21-10-13(9-20)18(14)23)8-16(17)22-19(24)26-11-12-5-3-2-4-6-12;1-21-14-8-7-12(17(19)20)9-13(14)16-15(18)22-10-11-5-3-2-4-6-11;2*1-2;/h4-11,13,23H,3,14H2,1-2H3,(H,24,26);3-9,11H,12H2,1-2H3;2-8,10H,11H2,1H3,(H,23,24);2-8,10H,11H2,1H3,(H,21,23)(H,22,24);2-9H,10H2,1H3,(H,16,18);1-2H;;1H/b16-13-;;;;;;;/i;;;;;;;1+1D. The summed E-state index contributed by atoms with van der Waals surface area (Å²) >= 11 is 12.5. The fourth-order valence-corrected chi connectivity index (χ4v) is 12.0. The minimum absolute atomic E-state index is 0.00235. The molecule has 13 aromatic rings. The lowest BCUT2D eigenvalue weighted by molar-refractivity contribution is -0.384. The van der Waals surface area contributed by atoms with E-state index >= 15 is 0 Å². The van der Waals surface area contributed by atoms with Crippen molar-refractivity contribution in [3.8, 4) is 65.9 Å². The molecule has 0 spiro atoms. The molecule has 0 fully saturated rings. The van der Waals surface area contributed by atoms with E-state index in [1.165, 1.54) is 89.5 Å². The van der Waals surface area contributed by atoms with E-state index in [0.717, 1.165) is 27.8 Å². The Morgan fingerprint density at radius 3 is 1.25 bits per heavy atom. The van der Waals surface area contributed by atoms with Crippen LogP contribution in [0.4, 0.5) is 63.8 Å². The molecule has 0 unspecified atom stereocenters. The number of hydrogen-bond acceptors (Lipinski definition) is 27. The molecular weight excluding hydrogens is 1760 g/mol. The lowest BCUT2D eigenvalue weighted by Gasteiger charge is -2.20. The number of nitriles is 4. The van der Waals surface area contributed by atoms with Crippen LogP contribution in [0, 0.1) is 68.3 Å². The number of halogens is 2. The summed E-state index contributed by atoms with van der Waals surface area (Å²) in [5, 5.41) is 62.1. The molecule has 13 rings (SSSR count). The van der Waals surface area contributed by atoms with Gasteiger partial charge in [-0.05, 0) is 95.4 Å². The number of terminal acetylenes is 1. The number of non-ortho nitro benzene ring substituents is 1. The zero-order valence-corrected chi connectivity index (χ0v) is 74.2. The van der Waals surface area contributed by atoms with Crippen molar-refractivity contribution in [3.05, 3.63) is 330 Å². The second kappa shape index (κ2) is 54.4. The van der Waals surface area contributed by atoms with E-state index in [0.29, 0.717) is 89.2 Å². The SMILES string of the molecule is C#C.CCOC(=O)/C(C#N)=C\Nc1ccc(OC)c(NC(=O)OCc2ccccc2)c1.COc1cc2c(=O)c(C#N)c[nH]c2cc1NC(=O)OCc1ccccc1.COc1cc2c(Cl)c(C#N)cnc2cc1N(C)C(=O)OCc1ccccc1.COc1cc2c(Cl)c(C#N)cnc2cc1NC(=O)OCc1ccccc1.COc1ccc([N+](=O)[O-])cc1NC(=O)OCc1ccccc1.[2H][2H].[B][B]. The summed E-state index contributed by atoms with van der Waals surface area (Å²) in [5.74, 6) is 1.09. The van der Waals surface area contributed by atoms with Gasteiger partial charge in [0.05, 0.1) is 119 Å². The normalized spacial score (nSPS) is 10.0. The Labute approximate surface area is 784 Å². The van der Waals surface area contributed by atoms with Gasteiger partial charge < -0.3 is 62.4 Å². The Morgan fingerprint density at radius 2 is 0.858 bits per heavy atom. The van der Waals surface area contributed by atoms with Crippen molar-refractivity contribution in [2.24, 2.45) is 0 Å². The van der Waals surface area contributed by atoms with Crippen LogP contribution in [-0.2, 0) is 66.3 Å². The Balaban J connectivity index is 0.000000258. The molecule has 3 heterocycles. The van der Waals surface area contributed by atoms with E-state index < -0.39 is 46.8 Å². The number of anilines is 6. The number of hydrogen-bond donors (Lipinski definition) is 6. The zero-order valence-electron chi connectivity index (χ0n) is 74.7. The van der Waals surface area contributed by atoms with Crippen molar-refractivity contribution in [1.82, 2.24) is 15.0 Å². The number of carbonyl (C=O) groups excluding carboxylic acids is 6. The second-order valence-corrected chi connectivity index (χ2v) is 27.2. The minimum atomic E-state index is -0.723. The van der Waals surface area contributed by atoms with Crippen molar-refractivity contribution in [1.29, 1.82) is 21.0 Å².